The number of hydrogen-bond acceptors (Lipinski definition) is 4. The Kier molecular flexibility index (Phi) is 7.79. The second-order valence-electron chi connectivity index (χ2n) is 4.36. The SMILES string of the molecule is CC#CC(CC)OC(=O)CCC(=O)Oc1cc(Cl)cc(Cl)c1. The molecule has 0 bridgehead atoms. The standard InChI is InChI=1S/C16H16Cl2O4/c1-3-5-13(4-2)21-15(19)6-7-16(20)22-14-9-11(17)8-12(18)10-14/h8-10,13H,4,6-7H2,1-2H3. The summed E-state index contributed by atoms with van der Waals surface area (Å²) < 4.78 is 10.2. The van der Waals surface area contributed by atoms with Gasteiger partial charge in [-0.1, -0.05) is 36.0 Å². The van der Waals surface area contributed by atoms with E-state index in [0.29, 0.717) is 16.5 Å². The third-order valence-electron chi connectivity index (χ3n) is 2.55. The van der Waals surface area contributed by atoms with Gasteiger partial charge in [0.1, 0.15) is 5.75 Å². The molecular weight excluding hydrogens is 327 g/mol. The van der Waals surface area contributed by atoms with Crippen LogP contribution in [0, 0.1) is 11.8 Å². The maximum Gasteiger partial charge on any atom is 0.311 e. The van der Waals surface area contributed by atoms with Gasteiger partial charge in [0.25, 0.3) is 0 Å². The molecule has 0 saturated carbocycles. The first-order valence-electron chi connectivity index (χ1n) is 6.73. The van der Waals surface area contributed by atoms with Gasteiger partial charge in [0.2, 0.25) is 0 Å². The van der Waals surface area contributed by atoms with Crippen molar-refractivity contribution in [1.82, 2.24) is 0 Å². The number of carbonyl (C=O) groups is 2. The van der Waals surface area contributed by atoms with Crippen molar-refractivity contribution in [2.24, 2.45) is 0 Å². The average molecular weight is 343 g/mol. The maximum absolute atomic E-state index is 11.7. The minimum absolute atomic E-state index is 0.0744. The van der Waals surface area contributed by atoms with Gasteiger partial charge in [0, 0.05) is 10.0 Å². The fraction of sp³-hybridized carbons (Fsp3) is 0.375. The smallest absolute Gasteiger partial charge is 0.311 e. The summed E-state index contributed by atoms with van der Waals surface area (Å²) in [6, 6.07) is 4.46. The maximum atomic E-state index is 11.7. The minimum atomic E-state index is -0.565. The molecule has 1 aromatic rings. The molecule has 0 saturated heterocycles. The van der Waals surface area contributed by atoms with E-state index >= 15 is 0 Å². The molecule has 6 heteroatoms. The van der Waals surface area contributed by atoms with Crippen LogP contribution in [-0.2, 0) is 14.3 Å². The number of hydrogen-bond donors (Lipinski definition) is 0. The van der Waals surface area contributed by atoms with Gasteiger partial charge >= 0.3 is 11.9 Å². The van der Waals surface area contributed by atoms with E-state index in [1.807, 2.05) is 6.92 Å². The van der Waals surface area contributed by atoms with E-state index in [-0.39, 0.29) is 18.6 Å². The molecule has 0 heterocycles. The lowest BCUT2D eigenvalue weighted by Gasteiger charge is -2.10. The third-order valence-corrected chi connectivity index (χ3v) is 2.99. The summed E-state index contributed by atoms with van der Waals surface area (Å²) in [4.78, 5) is 23.3. The van der Waals surface area contributed by atoms with Crippen molar-refractivity contribution in [3.8, 4) is 17.6 Å². The van der Waals surface area contributed by atoms with Gasteiger partial charge in [-0.05, 0) is 31.5 Å². The number of benzene rings is 1. The van der Waals surface area contributed by atoms with E-state index < -0.39 is 18.0 Å². The lowest BCUT2D eigenvalue weighted by molar-refractivity contribution is -0.149. The van der Waals surface area contributed by atoms with Crippen molar-refractivity contribution in [3.63, 3.8) is 0 Å². The van der Waals surface area contributed by atoms with E-state index in [4.69, 9.17) is 32.7 Å². The molecule has 0 aliphatic heterocycles. The molecule has 0 aliphatic rings. The summed E-state index contributed by atoms with van der Waals surface area (Å²) in [5.41, 5.74) is 0. The Bertz CT molecular complexity index is 582. The summed E-state index contributed by atoms with van der Waals surface area (Å²) >= 11 is 11.6. The van der Waals surface area contributed by atoms with Crippen molar-refractivity contribution in [3.05, 3.63) is 28.2 Å². The molecule has 1 atom stereocenters. The van der Waals surface area contributed by atoms with E-state index in [1.54, 1.807) is 6.92 Å². The van der Waals surface area contributed by atoms with E-state index in [2.05, 4.69) is 11.8 Å². The second kappa shape index (κ2) is 9.34. The molecule has 0 aromatic heterocycles. The normalized spacial score (nSPS) is 11.1. The van der Waals surface area contributed by atoms with Crippen LogP contribution < -0.4 is 4.74 Å². The number of halogens is 2. The van der Waals surface area contributed by atoms with E-state index in [1.165, 1.54) is 18.2 Å². The molecule has 0 amide bonds. The van der Waals surface area contributed by atoms with Crippen LogP contribution in [0.25, 0.3) is 0 Å². The van der Waals surface area contributed by atoms with Crippen molar-refractivity contribution >= 4 is 35.1 Å². The number of rotatable bonds is 6. The molecule has 22 heavy (non-hydrogen) atoms. The Morgan fingerprint density at radius 2 is 1.73 bits per heavy atom. The summed E-state index contributed by atoms with van der Waals surface area (Å²) in [5, 5.41) is 0.720. The largest absolute Gasteiger partial charge is 0.449 e. The van der Waals surface area contributed by atoms with Crippen LogP contribution in [0.3, 0.4) is 0 Å². The molecule has 0 fully saturated rings. The lowest BCUT2D eigenvalue weighted by atomic mass is 10.2. The Morgan fingerprint density at radius 3 is 2.27 bits per heavy atom. The second-order valence-corrected chi connectivity index (χ2v) is 5.23. The molecule has 4 nitrogen and oxygen atoms in total. The van der Waals surface area contributed by atoms with Crippen molar-refractivity contribution in [1.29, 1.82) is 0 Å². The average Bonchev–Trinajstić information content (AvgIpc) is 2.43. The van der Waals surface area contributed by atoms with Crippen molar-refractivity contribution in [2.75, 3.05) is 0 Å². The van der Waals surface area contributed by atoms with E-state index in [9.17, 15) is 9.59 Å². The minimum Gasteiger partial charge on any atom is -0.449 e. The topological polar surface area (TPSA) is 52.6 Å². The van der Waals surface area contributed by atoms with Crippen LogP contribution in [0.1, 0.15) is 33.1 Å². The number of ether oxygens (including phenoxy) is 2. The molecule has 0 spiro atoms. The number of esters is 2. The molecule has 0 N–H and O–H groups in total. The van der Waals surface area contributed by atoms with Gasteiger partial charge < -0.3 is 9.47 Å². The highest BCUT2D eigenvalue weighted by Crippen LogP contribution is 2.24. The van der Waals surface area contributed by atoms with Crippen LogP contribution in [0.4, 0.5) is 0 Å². The molecule has 1 aromatic carbocycles. The highest BCUT2D eigenvalue weighted by atomic mass is 35.5. The predicted octanol–water partition coefficient (Wildman–Crippen LogP) is 4.02. The fourth-order valence-electron chi connectivity index (χ4n) is 1.57. The zero-order chi connectivity index (χ0) is 16.5. The van der Waals surface area contributed by atoms with Gasteiger partial charge in [-0.2, -0.15) is 0 Å². The predicted molar refractivity (Wildman–Crippen MR) is 85.0 cm³/mol. The van der Waals surface area contributed by atoms with Crippen LogP contribution in [-0.4, -0.2) is 18.0 Å². The van der Waals surface area contributed by atoms with Crippen LogP contribution in [0.15, 0.2) is 18.2 Å². The highest BCUT2D eigenvalue weighted by Gasteiger charge is 2.14. The monoisotopic (exact) mass is 342 g/mol. The van der Waals surface area contributed by atoms with Crippen LogP contribution >= 0.6 is 23.2 Å². The van der Waals surface area contributed by atoms with Gasteiger partial charge in [0.05, 0.1) is 12.8 Å². The van der Waals surface area contributed by atoms with Gasteiger partial charge in [0.15, 0.2) is 6.10 Å². The Hall–Kier alpha value is -1.70. The molecule has 1 unspecified atom stereocenters. The quantitative estimate of drug-likeness (QED) is 0.445. The van der Waals surface area contributed by atoms with Gasteiger partial charge in [-0.25, -0.2) is 0 Å². The first-order valence-corrected chi connectivity index (χ1v) is 7.48. The first kappa shape index (κ1) is 18.3. The Labute approximate surface area is 139 Å². The molecule has 0 aliphatic carbocycles. The third kappa shape index (κ3) is 6.84. The summed E-state index contributed by atoms with van der Waals surface area (Å²) in [5.74, 6) is 4.63. The lowest BCUT2D eigenvalue weighted by Crippen LogP contribution is -2.17. The van der Waals surface area contributed by atoms with Crippen LogP contribution in [0.2, 0.25) is 10.0 Å². The summed E-state index contributed by atoms with van der Waals surface area (Å²) in [7, 11) is 0. The Balaban J connectivity index is 2.45. The van der Waals surface area contributed by atoms with Crippen LogP contribution in [0.5, 0.6) is 5.75 Å². The molecule has 1 rings (SSSR count). The zero-order valence-corrected chi connectivity index (χ0v) is 13.8. The van der Waals surface area contributed by atoms with E-state index in [0.717, 1.165) is 0 Å². The summed E-state index contributed by atoms with van der Waals surface area (Å²) in [6.07, 6.45) is -0.0216. The molecule has 118 valence electrons. The van der Waals surface area contributed by atoms with Gasteiger partial charge in [-0.15, -0.1) is 5.92 Å². The number of carbonyl (C=O) groups excluding carboxylic acids is 2. The van der Waals surface area contributed by atoms with Crippen molar-refractivity contribution in [2.45, 2.75) is 39.2 Å². The summed E-state index contributed by atoms with van der Waals surface area (Å²) in [6.45, 7) is 3.53. The fourth-order valence-corrected chi connectivity index (χ4v) is 2.07. The zero-order valence-electron chi connectivity index (χ0n) is 12.3. The Morgan fingerprint density at radius 1 is 1.14 bits per heavy atom. The molecular formula is C16H16Cl2O4. The molecule has 0 radical (unpaired) electrons. The van der Waals surface area contributed by atoms with Gasteiger partial charge in [-0.3, -0.25) is 9.59 Å². The van der Waals surface area contributed by atoms with Crippen molar-refractivity contribution < 1.29 is 19.1 Å². The highest BCUT2D eigenvalue weighted by molar-refractivity contribution is 6.34. The first-order chi connectivity index (χ1) is 10.4.